The van der Waals surface area contributed by atoms with Crippen LogP contribution >= 0.6 is 0 Å². The molecule has 2 aromatic rings. The van der Waals surface area contributed by atoms with Crippen LogP contribution in [0.2, 0.25) is 0 Å². The summed E-state index contributed by atoms with van der Waals surface area (Å²) in [5, 5.41) is 12.3. The van der Waals surface area contributed by atoms with E-state index >= 15 is 0 Å². The van der Waals surface area contributed by atoms with E-state index in [2.05, 4.69) is 15.0 Å². The van der Waals surface area contributed by atoms with Crippen molar-refractivity contribution in [3.8, 4) is 0 Å². The van der Waals surface area contributed by atoms with Gasteiger partial charge in [-0.1, -0.05) is 36.4 Å². The summed E-state index contributed by atoms with van der Waals surface area (Å²) < 4.78 is 27.6. The summed E-state index contributed by atoms with van der Waals surface area (Å²) in [4.78, 5) is 28.6. The number of carbonyl (C=O) groups excluding carboxylic acids is 1. The summed E-state index contributed by atoms with van der Waals surface area (Å²) in [6.07, 6.45) is 1.07. The van der Waals surface area contributed by atoms with Crippen LogP contribution in [0.3, 0.4) is 0 Å². The second-order valence-electron chi connectivity index (χ2n) is 7.29. The first kappa shape index (κ1) is 21.5. The lowest BCUT2D eigenvalue weighted by Gasteiger charge is -2.24. The van der Waals surface area contributed by atoms with E-state index in [4.69, 9.17) is 0 Å². The predicted octanol–water partition coefficient (Wildman–Crippen LogP) is 2.53. The minimum Gasteiger partial charge on any atom is -0.481 e. The van der Waals surface area contributed by atoms with Crippen LogP contribution in [-0.4, -0.2) is 37.8 Å². The first-order chi connectivity index (χ1) is 14.2. The number of hydrogen-bond acceptors (Lipinski definition) is 5. The Morgan fingerprint density at radius 2 is 1.87 bits per heavy atom. The van der Waals surface area contributed by atoms with E-state index < -0.39 is 27.3 Å². The second-order valence-corrected chi connectivity index (χ2v) is 8.98. The third-order valence-electron chi connectivity index (χ3n) is 4.95. The van der Waals surface area contributed by atoms with Gasteiger partial charge >= 0.3 is 5.97 Å². The molecule has 9 heteroatoms. The van der Waals surface area contributed by atoms with Crippen LogP contribution in [0.4, 0.5) is 5.69 Å². The number of rotatable bonds is 7. The first-order valence-corrected chi connectivity index (χ1v) is 10.9. The molecule has 3 N–H and O–H groups in total. The molecule has 1 atom stereocenters. The third kappa shape index (κ3) is 4.85. The van der Waals surface area contributed by atoms with Crippen LogP contribution in [0.25, 0.3) is 0 Å². The zero-order valence-corrected chi connectivity index (χ0v) is 17.3. The standard InChI is InChI=1S/C21H23N3O5S/c1-21(20(26)27,15-7-3-2-4-8-15)14-19(25)23-16-9-5-10-17(13-16)30(28,29)24-18-11-6-12-22-18/h2-5,7-10,13H,6,11-12,14H2,1H3,(H,22,24)(H,23,25)(H,26,27)/t21-/m0/s1. The Balaban J connectivity index is 1.75. The van der Waals surface area contributed by atoms with E-state index in [1.54, 1.807) is 36.4 Å². The molecule has 0 bridgehead atoms. The Morgan fingerprint density at radius 1 is 1.13 bits per heavy atom. The smallest absolute Gasteiger partial charge is 0.314 e. The summed E-state index contributed by atoms with van der Waals surface area (Å²) in [5.41, 5.74) is -0.653. The van der Waals surface area contributed by atoms with Crippen molar-refractivity contribution in [2.24, 2.45) is 4.99 Å². The van der Waals surface area contributed by atoms with Crippen molar-refractivity contribution in [1.29, 1.82) is 0 Å². The quantitative estimate of drug-likeness (QED) is 0.624. The van der Waals surface area contributed by atoms with Crippen LogP contribution in [0.1, 0.15) is 31.7 Å². The number of benzene rings is 2. The molecule has 0 aliphatic carbocycles. The molecule has 0 fully saturated rings. The molecule has 1 aliphatic rings. The van der Waals surface area contributed by atoms with Gasteiger partial charge < -0.3 is 10.4 Å². The number of amides is 1. The average Bonchev–Trinajstić information content (AvgIpc) is 3.21. The Hall–Kier alpha value is -3.20. The highest BCUT2D eigenvalue weighted by molar-refractivity contribution is 7.90. The molecule has 2 aromatic carbocycles. The molecular formula is C21H23N3O5S. The molecule has 1 amide bonds. The van der Waals surface area contributed by atoms with Crippen LogP contribution in [0, 0.1) is 0 Å². The molecule has 0 spiro atoms. The fourth-order valence-corrected chi connectivity index (χ4v) is 4.35. The van der Waals surface area contributed by atoms with E-state index in [-0.39, 0.29) is 17.0 Å². The topological polar surface area (TPSA) is 125 Å². The maximum Gasteiger partial charge on any atom is 0.314 e. The number of nitrogens with one attached hydrogen (secondary N) is 2. The normalized spacial score (nSPS) is 15.7. The minimum atomic E-state index is -3.82. The number of amidine groups is 1. The fourth-order valence-electron chi connectivity index (χ4n) is 3.21. The average molecular weight is 429 g/mol. The van der Waals surface area contributed by atoms with Gasteiger partial charge in [-0.25, -0.2) is 8.42 Å². The molecule has 0 radical (unpaired) electrons. The molecule has 158 valence electrons. The summed E-state index contributed by atoms with van der Waals surface area (Å²) >= 11 is 0. The van der Waals surface area contributed by atoms with E-state index in [9.17, 15) is 23.1 Å². The third-order valence-corrected chi connectivity index (χ3v) is 6.33. The van der Waals surface area contributed by atoms with Crippen molar-refractivity contribution in [2.45, 2.75) is 36.5 Å². The predicted molar refractivity (Wildman–Crippen MR) is 113 cm³/mol. The summed E-state index contributed by atoms with van der Waals surface area (Å²) in [5.74, 6) is -1.24. The van der Waals surface area contributed by atoms with Gasteiger partial charge in [0, 0.05) is 25.1 Å². The van der Waals surface area contributed by atoms with E-state index in [0.29, 0.717) is 24.4 Å². The number of carbonyl (C=O) groups is 2. The number of carboxylic acids is 1. The van der Waals surface area contributed by atoms with Gasteiger partial charge in [0.25, 0.3) is 10.0 Å². The van der Waals surface area contributed by atoms with Gasteiger partial charge in [-0.2, -0.15) is 0 Å². The van der Waals surface area contributed by atoms with E-state index in [1.165, 1.54) is 25.1 Å². The molecule has 0 unspecified atom stereocenters. The largest absolute Gasteiger partial charge is 0.481 e. The van der Waals surface area contributed by atoms with Gasteiger partial charge in [-0.3, -0.25) is 19.3 Å². The minimum absolute atomic E-state index is 0.0149. The van der Waals surface area contributed by atoms with Gasteiger partial charge in [0.2, 0.25) is 5.91 Å². The Labute approximate surface area is 175 Å². The fraction of sp³-hybridized carbons (Fsp3) is 0.286. The molecule has 0 saturated heterocycles. The first-order valence-electron chi connectivity index (χ1n) is 9.46. The van der Waals surface area contributed by atoms with Crippen molar-refractivity contribution < 1.29 is 23.1 Å². The lowest BCUT2D eigenvalue weighted by molar-refractivity contribution is -0.145. The van der Waals surface area contributed by atoms with Crippen molar-refractivity contribution >= 4 is 33.4 Å². The number of anilines is 1. The monoisotopic (exact) mass is 429 g/mol. The molecule has 1 aliphatic heterocycles. The maximum atomic E-state index is 12.6. The van der Waals surface area contributed by atoms with E-state index in [0.717, 1.165) is 6.42 Å². The van der Waals surface area contributed by atoms with Gasteiger partial charge in [0.05, 0.1) is 10.3 Å². The van der Waals surface area contributed by atoms with Crippen molar-refractivity contribution in [2.75, 3.05) is 11.9 Å². The maximum absolute atomic E-state index is 12.6. The second kappa shape index (κ2) is 8.66. The van der Waals surface area contributed by atoms with E-state index in [1.807, 2.05) is 0 Å². The zero-order chi connectivity index (χ0) is 21.8. The lowest BCUT2D eigenvalue weighted by Crippen LogP contribution is -2.36. The Kier molecular flexibility index (Phi) is 6.21. The molecule has 0 aromatic heterocycles. The lowest BCUT2D eigenvalue weighted by atomic mass is 9.79. The number of nitrogens with zero attached hydrogens (tertiary/aromatic N) is 1. The van der Waals surface area contributed by atoms with Crippen LogP contribution in [0.5, 0.6) is 0 Å². The van der Waals surface area contributed by atoms with Crippen molar-refractivity contribution in [3.05, 3.63) is 60.2 Å². The SMILES string of the molecule is C[C@@](CC(=O)Nc1cccc(S(=O)(=O)NC2=NCCC2)c1)(C(=O)O)c1ccccc1. The van der Waals surface area contributed by atoms with Crippen LogP contribution in [0.15, 0.2) is 64.5 Å². The number of aliphatic imine (C=N–C) groups is 1. The van der Waals surface area contributed by atoms with Crippen LogP contribution in [-0.2, 0) is 25.0 Å². The molecule has 1 heterocycles. The number of carboxylic acid groups (broad SMARTS) is 1. The van der Waals surface area contributed by atoms with Crippen LogP contribution < -0.4 is 10.0 Å². The van der Waals surface area contributed by atoms with Crippen molar-refractivity contribution in [1.82, 2.24) is 4.72 Å². The number of aliphatic carboxylic acids is 1. The zero-order valence-electron chi connectivity index (χ0n) is 16.5. The highest BCUT2D eigenvalue weighted by Gasteiger charge is 2.37. The molecule has 30 heavy (non-hydrogen) atoms. The number of hydrogen-bond donors (Lipinski definition) is 3. The highest BCUT2D eigenvalue weighted by atomic mass is 32.2. The van der Waals surface area contributed by atoms with Gasteiger partial charge in [-0.05, 0) is 37.1 Å². The molecule has 0 saturated carbocycles. The Bertz CT molecular complexity index is 1080. The molecule has 8 nitrogen and oxygen atoms in total. The van der Waals surface area contributed by atoms with Crippen molar-refractivity contribution in [3.63, 3.8) is 0 Å². The number of sulfonamides is 1. The summed E-state index contributed by atoms with van der Waals surface area (Å²) in [7, 11) is -3.82. The molecule has 3 rings (SSSR count). The van der Waals surface area contributed by atoms with Gasteiger partial charge in [-0.15, -0.1) is 0 Å². The van der Waals surface area contributed by atoms with Gasteiger partial charge in [0.1, 0.15) is 5.84 Å². The highest BCUT2D eigenvalue weighted by Crippen LogP contribution is 2.29. The Morgan fingerprint density at radius 3 is 2.50 bits per heavy atom. The molecular weight excluding hydrogens is 406 g/mol. The summed E-state index contributed by atoms with van der Waals surface area (Å²) in [6.45, 7) is 2.08. The summed E-state index contributed by atoms with van der Waals surface area (Å²) in [6, 6.07) is 14.3. The van der Waals surface area contributed by atoms with Gasteiger partial charge in [0.15, 0.2) is 0 Å².